The zero-order valence-electron chi connectivity index (χ0n) is 13.5. The van der Waals surface area contributed by atoms with Gasteiger partial charge in [-0.15, -0.1) is 16.4 Å². The van der Waals surface area contributed by atoms with Crippen molar-refractivity contribution in [2.45, 2.75) is 38.4 Å². The minimum absolute atomic E-state index is 0.218. The molecule has 0 radical (unpaired) electrons. The zero-order chi connectivity index (χ0) is 16.4. The maximum atomic E-state index is 12.7. The van der Waals surface area contributed by atoms with Crippen molar-refractivity contribution in [3.8, 4) is 0 Å². The van der Waals surface area contributed by atoms with Crippen LogP contribution < -0.4 is 0 Å². The molecule has 2 atom stereocenters. The lowest BCUT2D eigenvalue weighted by Gasteiger charge is -2.36. The summed E-state index contributed by atoms with van der Waals surface area (Å²) in [6.45, 7) is 4.33. The first-order valence-electron chi connectivity index (χ1n) is 8.37. The van der Waals surface area contributed by atoms with Crippen molar-refractivity contribution in [1.82, 2.24) is 35.0 Å². The van der Waals surface area contributed by atoms with Crippen LogP contribution in [0.3, 0.4) is 0 Å². The average Bonchev–Trinajstić information content (AvgIpc) is 3.21. The van der Waals surface area contributed by atoms with Crippen LogP contribution in [-0.2, 0) is 17.9 Å². The molecule has 0 N–H and O–H groups in total. The molecule has 0 spiro atoms. The zero-order valence-corrected chi connectivity index (χ0v) is 14.3. The van der Waals surface area contributed by atoms with E-state index < -0.39 is 0 Å². The van der Waals surface area contributed by atoms with E-state index >= 15 is 0 Å². The van der Waals surface area contributed by atoms with E-state index in [1.165, 1.54) is 6.42 Å². The second-order valence-corrected chi connectivity index (χ2v) is 7.36. The van der Waals surface area contributed by atoms with Crippen molar-refractivity contribution in [1.29, 1.82) is 0 Å². The highest BCUT2D eigenvalue weighted by molar-refractivity contribution is 7.07. The van der Waals surface area contributed by atoms with Crippen molar-refractivity contribution in [3.63, 3.8) is 0 Å². The first-order valence-corrected chi connectivity index (χ1v) is 9.32. The quantitative estimate of drug-likeness (QED) is 0.790. The molecule has 2 aromatic rings. The van der Waals surface area contributed by atoms with E-state index in [2.05, 4.69) is 35.7 Å². The highest BCUT2D eigenvalue weighted by atomic mass is 32.1. The third-order valence-corrected chi connectivity index (χ3v) is 5.56. The summed E-state index contributed by atoms with van der Waals surface area (Å²) in [5.41, 5.74) is 3.02. The highest BCUT2D eigenvalue weighted by Gasteiger charge is 2.36. The molecule has 3 aliphatic heterocycles. The van der Waals surface area contributed by atoms with Gasteiger partial charge in [-0.3, -0.25) is 9.69 Å². The van der Waals surface area contributed by atoms with Gasteiger partial charge in [0.25, 0.3) is 0 Å². The number of piperidine rings is 1. The van der Waals surface area contributed by atoms with Gasteiger partial charge in [-0.05, 0) is 29.2 Å². The predicted octanol–water partition coefficient (Wildman–Crippen LogP) is 0.643. The Bertz CT molecular complexity index is 659. The monoisotopic (exact) mass is 347 g/mol. The number of carbonyl (C=O) groups is 1. The van der Waals surface area contributed by atoms with Crippen LogP contribution in [0.25, 0.3) is 0 Å². The van der Waals surface area contributed by atoms with Crippen molar-refractivity contribution >= 4 is 17.2 Å². The minimum Gasteiger partial charge on any atom is -0.338 e. The summed E-state index contributed by atoms with van der Waals surface area (Å²) in [7, 11) is 0. The van der Waals surface area contributed by atoms with Crippen molar-refractivity contribution < 1.29 is 4.79 Å². The molecule has 0 aliphatic carbocycles. The predicted molar refractivity (Wildman–Crippen MR) is 88.1 cm³/mol. The van der Waals surface area contributed by atoms with Crippen LogP contribution in [0.5, 0.6) is 0 Å². The lowest BCUT2D eigenvalue weighted by atomic mass is 9.94. The molecule has 24 heavy (non-hydrogen) atoms. The molecule has 5 rings (SSSR count). The van der Waals surface area contributed by atoms with Gasteiger partial charge in [0, 0.05) is 44.0 Å². The topological polar surface area (TPSA) is 80.0 Å². The normalized spacial score (nSPS) is 24.2. The molecule has 5 heterocycles. The number of hydrogen-bond acceptors (Lipinski definition) is 7. The van der Waals surface area contributed by atoms with E-state index in [4.69, 9.17) is 0 Å². The van der Waals surface area contributed by atoms with Gasteiger partial charge in [-0.1, -0.05) is 0 Å². The molecule has 0 unspecified atom stereocenters. The summed E-state index contributed by atoms with van der Waals surface area (Å²) in [6, 6.07) is 0.323. The van der Waals surface area contributed by atoms with Gasteiger partial charge in [0.05, 0.1) is 17.7 Å². The summed E-state index contributed by atoms with van der Waals surface area (Å²) >= 11 is 1.64. The molecule has 8 nitrogen and oxygen atoms in total. The molecule has 0 saturated carbocycles. The van der Waals surface area contributed by atoms with Gasteiger partial charge in [-0.2, -0.15) is 0 Å². The van der Waals surface area contributed by atoms with Crippen LogP contribution in [-0.4, -0.2) is 66.6 Å². The fourth-order valence-electron chi connectivity index (χ4n) is 3.79. The second kappa shape index (κ2) is 6.94. The maximum Gasteiger partial charge on any atom is 0.224 e. The number of amides is 1. The van der Waals surface area contributed by atoms with Crippen molar-refractivity contribution in [2.24, 2.45) is 5.92 Å². The van der Waals surface area contributed by atoms with Gasteiger partial charge in [0.15, 0.2) is 0 Å². The summed E-state index contributed by atoms with van der Waals surface area (Å²) in [5, 5.41) is 13.2. The maximum absolute atomic E-state index is 12.7. The van der Waals surface area contributed by atoms with Crippen molar-refractivity contribution in [3.05, 3.63) is 22.9 Å². The third-order valence-electron chi connectivity index (χ3n) is 4.92. The van der Waals surface area contributed by atoms with E-state index in [0.29, 0.717) is 24.9 Å². The number of hydrogen-bond donors (Lipinski definition) is 0. The molecule has 2 bridgehead atoms. The van der Waals surface area contributed by atoms with Crippen LogP contribution in [0.4, 0.5) is 0 Å². The minimum atomic E-state index is 0.218. The molecule has 3 fully saturated rings. The molecular weight excluding hydrogens is 326 g/mol. The Kier molecular flexibility index (Phi) is 4.52. The lowest BCUT2D eigenvalue weighted by molar-refractivity contribution is -0.135. The summed E-state index contributed by atoms with van der Waals surface area (Å²) in [4.78, 5) is 21.6. The van der Waals surface area contributed by atoms with E-state index in [0.717, 1.165) is 38.3 Å². The second-order valence-electron chi connectivity index (χ2n) is 6.64. The van der Waals surface area contributed by atoms with Gasteiger partial charge in [0.1, 0.15) is 6.33 Å². The molecule has 128 valence electrons. The number of nitrogens with zero attached hydrogens (tertiary/aromatic N) is 7. The fourth-order valence-corrected chi connectivity index (χ4v) is 4.34. The number of fused-ring (bicyclic) bond motifs is 4. The standard InChI is InChI=1S/C15H21N7OS/c23-15(3-4-21-10-17-18-19-21)22-6-12-1-2-14(22)8-20(5-12)7-13-9-24-11-16-13/h9-12,14H,1-8H2/t12-,14+/m1/s1. The largest absolute Gasteiger partial charge is 0.338 e. The number of thiazole rings is 1. The Balaban J connectivity index is 1.38. The Morgan fingerprint density at radius 3 is 3.04 bits per heavy atom. The lowest BCUT2D eigenvalue weighted by Crippen LogP contribution is -2.47. The smallest absolute Gasteiger partial charge is 0.224 e. The molecular formula is C15H21N7OS. The molecule has 3 saturated heterocycles. The van der Waals surface area contributed by atoms with Gasteiger partial charge >= 0.3 is 0 Å². The Hall–Kier alpha value is -1.87. The number of rotatable bonds is 5. The number of tetrazole rings is 1. The van der Waals surface area contributed by atoms with Crippen LogP contribution >= 0.6 is 11.3 Å². The number of carbonyl (C=O) groups excluding carboxylic acids is 1. The van der Waals surface area contributed by atoms with E-state index in [1.54, 1.807) is 22.3 Å². The molecule has 3 aliphatic rings. The summed E-state index contributed by atoms with van der Waals surface area (Å²) in [6.07, 6.45) is 4.33. The Labute approximate surface area is 144 Å². The Morgan fingerprint density at radius 1 is 1.29 bits per heavy atom. The first-order chi connectivity index (χ1) is 11.8. The third kappa shape index (κ3) is 3.46. The highest BCUT2D eigenvalue weighted by Crippen LogP contribution is 2.29. The summed E-state index contributed by atoms with van der Waals surface area (Å²) < 4.78 is 1.61. The van der Waals surface area contributed by atoms with Crippen LogP contribution in [0, 0.1) is 5.92 Å². The SMILES string of the molecule is O=C(CCn1cnnn1)N1C[C@@H]2CC[C@H]1CN(Cc1cscn1)C2. The first kappa shape index (κ1) is 15.6. The summed E-state index contributed by atoms with van der Waals surface area (Å²) in [5.74, 6) is 0.787. The average molecular weight is 347 g/mol. The van der Waals surface area contributed by atoms with Gasteiger partial charge in [0.2, 0.25) is 5.91 Å². The molecule has 1 amide bonds. The van der Waals surface area contributed by atoms with Crippen LogP contribution in [0.1, 0.15) is 25.0 Å². The van der Waals surface area contributed by atoms with Gasteiger partial charge < -0.3 is 4.90 Å². The van der Waals surface area contributed by atoms with Crippen LogP contribution in [0.15, 0.2) is 17.2 Å². The van der Waals surface area contributed by atoms with Gasteiger partial charge in [-0.25, -0.2) is 9.67 Å². The molecule has 9 heteroatoms. The van der Waals surface area contributed by atoms with Crippen molar-refractivity contribution in [2.75, 3.05) is 19.6 Å². The molecule has 2 aromatic heterocycles. The Morgan fingerprint density at radius 2 is 2.25 bits per heavy atom. The van der Waals surface area contributed by atoms with E-state index in [1.807, 2.05) is 5.51 Å². The number of aryl methyl sites for hydroxylation is 1. The molecule has 0 aromatic carbocycles. The fraction of sp³-hybridized carbons (Fsp3) is 0.667. The van der Waals surface area contributed by atoms with Crippen LogP contribution in [0.2, 0.25) is 0 Å². The number of aromatic nitrogens is 5. The van der Waals surface area contributed by atoms with E-state index in [9.17, 15) is 4.79 Å². The van der Waals surface area contributed by atoms with E-state index in [-0.39, 0.29) is 5.91 Å².